The number of nitrogens with zero attached hydrogens (tertiary/aromatic N) is 4. The largest absolute Gasteiger partial charge is 0.371 e. The lowest BCUT2D eigenvalue weighted by Gasteiger charge is -2.21. The van der Waals surface area contributed by atoms with E-state index in [1.807, 2.05) is 6.92 Å². The third-order valence-electron chi connectivity index (χ3n) is 5.71. The molecule has 0 radical (unpaired) electrons. The Labute approximate surface area is 224 Å². The number of fused-ring (bicyclic) bond motifs is 1. The highest BCUT2D eigenvalue weighted by Gasteiger charge is 2.22. The third kappa shape index (κ3) is 5.04. The van der Waals surface area contributed by atoms with E-state index in [1.165, 1.54) is 48.1 Å². The van der Waals surface area contributed by atoms with Crippen molar-refractivity contribution in [2.24, 2.45) is 0 Å². The summed E-state index contributed by atoms with van der Waals surface area (Å²) in [7, 11) is 0. The number of rotatable bonds is 6. The standard InChI is InChI=1S/C26H16Cl2F2N6S/c1-13-23(35-36-37-13)25(14-2-4-17(29)5-3-14)34-22-9-16(27)8-19-24(15(11-31)12-32-26(19)22)33-18-6-7-21(30)20(28)10-18/h2-10,12,25,34H,1H3,(H,32,33). The van der Waals surface area contributed by atoms with Gasteiger partial charge in [-0.25, -0.2) is 8.78 Å². The first-order chi connectivity index (χ1) is 17.8. The minimum atomic E-state index is -0.555. The number of hydrogen-bond donors (Lipinski definition) is 2. The van der Waals surface area contributed by atoms with Gasteiger partial charge in [0.15, 0.2) is 0 Å². The maximum absolute atomic E-state index is 13.7. The van der Waals surface area contributed by atoms with Crippen molar-refractivity contribution in [3.05, 3.63) is 104 Å². The lowest BCUT2D eigenvalue weighted by atomic mass is 10.0. The number of benzene rings is 3. The van der Waals surface area contributed by atoms with Gasteiger partial charge in [0.05, 0.1) is 33.5 Å². The van der Waals surface area contributed by atoms with Gasteiger partial charge in [-0.1, -0.05) is 39.8 Å². The van der Waals surface area contributed by atoms with Gasteiger partial charge in [-0.3, -0.25) is 4.98 Å². The van der Waals surface area contributed by atoms with Crippen molar-refractivity contribution < 1.29 is 8.78 Å². The lowest BCUT2D eigenvalue weighted by Crippen LogP contribution is -2.15. The molecular weight excluding hydrogens is 537 g/mol. The second kappa shape index (κ2) is 10.3. The molecule has 0 aliphatic carbocycles. The number of aryl methyl sites for hydroxylation is 1. The van der Waals surface area contributed by atoms with Crippen molar-refractivity contribution >= 4 is 62.7 Å². The fraction of sp³-hybridized carbons (Fsp3) is 0.0769. The fourth-order valence-electron chi connectivity index (χ4n) is 3.94. The van der Waals surface area contributed by atoms with E-state index in [2.05, 4.69) is 31.3 Å². The first-order valence-electron chi connectivity index (χ1n) is 10.9. The molecule has 1 unspecified atom stereocenters. The molecule has 2 heterocycles. The van der Waals surface area contributed by atoms with Crippen molar-refractivity contribution in [2.75, 3.05) is 10.6 Å². The van der Waals surface area contributed by atoms with Crippen LogP contribution in [0.3, 0.4) is 0 Å². The van der Waals surface area contributed by atoms with Crippen molar-refractivity contribution in [3.63, 3.8) is 0 Å². The van der Waals surface area contributed by atoms with E-state index in [0.29, 0.717) is 38.7 Å². The zero-order chi connectivity index (χ0) is 26.1. The fourth-order valence-corrected chi connectivity index (χ4v) is 4.84. The van der Waals surface area contributed by atoms with Crippen LogP contribution >= 0.6 is 34.7 Å². The maximum Gasteiger partial charge on any atom is 0.141 e. The molecule has 0 saturated heterocycles. The number of nitriles is 1. The van der Waals surface area contributed by atoms with Crippen LogP contribution < -0.4 is 10.6 Å². The Bertz CT molecular complexity index is 1670. The molecule has 6 nitrogen and oxygen atoms in total. The Balaban J connectivity index is 1.65. The van der Waals surface area contributed by atoms with Gasteiger partial charge >= 0.3 is 0 Å². The molecule has 0 bridgehead atoms. The van der Waals surface area contributed by atoms with Crippen molar-refractivity contribution in [2.45, 2.75) is 13.0 Å². The monoisotopic (exact) mass is 552 g/mol. The van der Waals surface area contributed by atoms with E-state index < -0.39 is 11.9 Å². The zero-order valence-electron chi connectivity index (χ0n) is 19.1. The topological polar surface area (TPSA) is 86.5 Å². The van der Waals surface area contributed by atoms with Crippen LogP contribution in [-0.2, 0) is 0 Å². The average Bonchev–Trinajstić information content (AvgIpc) is 3.31. The van der Waals surface area contributed by atoms with Gasteiger partial charge < -0.3 is 10.6 Å². The van der Waals surface area contributed by atoms with E-state index in [0.717, 1.165) is 10.4 Å². The molecule has 37 heavy (non-hydrogen) atoms. The molecule has 0 amide bonds. The summed E-state index contributed by atoms with van der Waals surface area (Å²) in [6.07, 6.45) is 1.44. The molecule has 0 aliphatic heterocycles. The van der Waals surface area contributed by atoms with Gasteiger partial charge in [-0.15, -0.1) is 5.10 Å². The first kappa shape index (κ1) is 24.8. The summed E-state index contributed by atoms with van der Waals surface area (Å²) in [6, 6.07) is 15.3. The van der Waals surface area contributed by atoms with E-state index in [9.17, 15) is 14.0 Å². The third-order valence-corrected chi connectivity index (χ3v) is 6.86. The van der Waals surface area contributed by atoms with Crippen LogP contribution in [0.5, 0.6) is 0 Å². The molecule has 1 atom stereocenters. The molecule has 2 N–H and O–H groups in total. The molecule has 0 aliphatic rings. The van der Waals surface area contributed by atoms with E-state index >= 15 is 0 Å². The zero-order valence-corrected chi connectivity index (χ0v) is 21.4. The van der Waals surface area contributed by atoms with Gasteiger partial charge in [0.25, 0.3) is 0 Å². The maximum atomic E-state index is 13.7. The number of pyridine rings is 1. The van der Waals surface area contributed by atoms with Gasteiger partial charge in [0.2, 0.25) is 0 Å². The van der Waals surface area contributed by atoms with Crippen LogP contribution in [0.15, 0.2) is 60.8 Å². The number of anilines is 3. The highest BCUT2D eigenvalue weighted by molar-refractivity contribution is 7.05. The molecule has 184 valence electrons. The number of hydrogen-bond acceptors (Lipinski definition) is 7. The Hall–Kier alpha value is -3.84. The van der Waals surface area contributed by atoms with Gasteiger partial charge in [0, 0.05) is 27.2 Å². The molecule has 0 saturated carbocycles. The van der Waals surface area contributed by atoms with E-state index in [1.54, 1.807) is 24.3 Å². The molecule has 2 aromatic heterocycles. The first-order valence-corrected chi connectivity index (χ1v) is 12.4. The number of nitrogens with one attached hydrogen (secondary N) is 2. The van der Waals surface area contributed by atoms with Crippen LogP contribution in [0.2, 0.25) is 10.0 Å². The van der Waals surface area contributed by atoms with Crippen molar-refractivity contribution in [1.29, 1.82) is 5.26 Å². The molecule has 5 rings (SSSR count). The lowest BCUT2D eigenvalue weighted by molar-refractivity contribution is 0.626. The summed E-state index contributed by atoms with van der Waals surface area (Å²) >= 11 is 13.7. The predicted octanol–water partition coefficient (Wildman–Crippen LogP) is 7.80. The minimum Gasteiger partial charge on any atom is -0.371 e. The predicted molar refractivity (Wildman–Crippen MR) is 143 cm³/mol. The van der Waals surface area contributed by atoms with Crippen LogP contribution in [0, 0.1) is 29.9 Å². The van der Waals surface area contributed by atoms with E-state index in [4.69, 9.17) is 23.2 Å². The molecule has 5 aromatic rings. The Morgan fingerprint density at radius 2 is 1.84 bits per heavy atom. The van der Waals surface area contributed by atoms with Gasteiger partial charge in [0.1, 0.15) is 23.4 Å². The number of halogens is 4. The smallest absolute Gasteiger partial charge is 0.141 e. The average molecular weight is 553 g/mol. The highest BCUT2D eigenvalue weighted by atomic mass is 35.5. The summed E-state index contributed by atoms with van der Waals surface area (Å²) < 4.78 is 31.4. The van der Waals surface area contributed by atoms with Crippen molar-refractivity contribution in [1.82, 2.24) is 14.6 Å². The second-order valence-corrected chi connectivity index (χ2v) is 9.91. The molecule has 0 spiro atoms. The number of aromatic nitrogens is 3. The van der Waals surface area contributed by atoms with Crippen molar-refractivity contribution in [3.8, 4) is 6.07 Å². The second-order valence-electron chi connectivity index (χ2n) is 8.11. The van der Waals surface area contributed by atoms with Gasteiger partial charge in [-0.2, -0.15) is 5.26 Å². The van der Waals surface area contributed by atoms with Crippen LogP contribution in [0.4, 0.5) is 25.8 Å². The summed E-state index contributed by atoms with van der Waals surface area (Å²) in [5, 5.41) is 21.5. The van der Waals surface area contributed by atoms with Crippen LogP contribution in [-0.4, -0.2) is 14.6 Å². The molecule has 3 aromatic carbocycles. The Morgan fingerprint density at radius 3 is 2.51 bits per heavy atom. The van der Waals surface area contributed by atoms with Gasteiger partial charge in [-0.05, 0) is 66.5 Å². The van der Waals surface area contributed by atoms with Crippen LogP contribution in [0.1, 0.15) is 27.7 Å². The summed E-state index contributed by atoms with van der Waals surface area (Å²) in [4.78, 5) is 5.42. The highest BCUT2D eigenvalue weighted by Crippen LogP contribution is 2.38. The molecule has 11 heteroatoms. The molecule has 0 fully saturated rings. The summed E-state index contributed by atoms with van der Waals surface area (Å²) in [6.45, 7) is 1.90. The SMILES string of the molecule is Cc1snnc1C(Nc1cc(Cl)cc2c(Nc3ccc(F)c(Cl)c3)c(C#N)cnc12)c1ccc(F)cc1. The normalized spacial score (nSPS) is 11.8. The van der Waals surface area contributed by atoms with E-state index in [-0.39, 0.29) is 16.4 Å². The van der Waals surface area contributed by atoms with Crippen LogP contribution in [0.25, 0.3) is 10.9 Å². The Kier molecular flexibility index (Phi) is 6.89. The minimum absolute atomic E-state index is 0.0587. The Morgan fingerprint density at radius 1 is 1.05 bits per heavy atom. The summed E-state index contributed by atoms with van der Waals surface area (Å²) in [5.74, 6) is -0.911. The summed E-state index contributed by atoms with van der Waals surface area (Å²) in [5.41, 5.74) is 3.71. The molecular formula is C26H16Cl2F2N6S. The quantitative estimate of drug-likeness (QED) is 0.223.